The van der Waals surface area contributed by atoms with E-state index in [-0.39, 0.29) is 19.1 Å². The summed E-state index contributed by atoms with van der Waals surface area (Å²) in [5.74, 6) is -0.260. The number of ether oxygens (including phenoxy) is 1. The van der Waals surface area contributed by atoms with Gasteiger partial charge in [-0.1, -0.05) is 36.4 Å². The molecule has 2 amide bonds. The molecule has 1 fully saturated rings. The maximum atomic E-state index is 13.9. The van der Waals surface area contributed by atoms with Gasteiger partial charge in [0.1, 0.15) is 5.75 Å². The third kappa shape index (κ3) is 5.24. The summed E-state index contributed by atoms with van der Waals surface area (Å²) in [5.41, 5.74) is 1.79. The topological polar surface area (TPSA) is 121 Å². The smallest absolute Gasteiger partial charge is 0.264 e. The lowest BCUT2D eigenvalue weighted by Gasteiger charge is -2.28. The predicted molar refractivity (Wildman–Crippen MR) is 150 cm³/mol. The van der Waals surface area contributed by atoms with E-state index in [9.17, 15) is 14.7 Å². The Kier molecular flexibility index (Phi) is 7.99. The number of rotatable bonds is 11. The normalized spacial score (nSPS) is 19.6. The Morgan fingerprint density at radius 2 is 2.05 bits per heavy atom. The van der Waals surface area contributed by atoms with E-state index in [1.54, 1.807) is 39.9 Å². The summed E-state index contributed by atoms with van der Waals surface area (Å²) in [4.78, 5) is 29.6. The van der Waals surface area contributed by atoms with Crippen LogP contribution in [0, 0.1) is 5.92 Å². The molecule has 2 aliphatic rings. The molecule has 3 aromatic rings. The lowest BCUT2D eigenvalue weighted by molar-refractivity contribution is -0.139. The van der Waals surface area contributed by atoms with Gasteiger partial charge < -0.3 is 24.7 Å². The van der Waals surface area contributed by atoms with Gasteiger partial charge in [0, 0.05) is 55.9 Å². The zero-order valence-electron chi connectivity index (χ0n) is 22.9. The van der Waals surface area contributed by atoms with Gasteiger partial charge in [0.05, 0.1) is 25.0 Å². The van der Waals surface area contributed by atoms with Crippen molar-refractivity contribution < 1.29 is 24.5 Å². The number of benzene rings is 2. The van der Waals surface area contributed by atoms with Crippen LogP contribution in [0.4, 0.5) is 11.4 Å². The Morgan fingerprint density at radius 3 is 2.80 bits per heavy atom. The van der Waals surface area contributed by atoms with Gasteiger partial charge in [-0.15, -0.1) is 5.10 Å². The zero-order chi connectivity index (χ0) is 28.3. The second-order valence-electron chi connectivity index (χ2n) is 10.3. The van der Waals surface area contributed by atoms with Crippen LogP contribution in [0.3, 0.4) is 0 Å². The summed E-state index contributed by atoms with van der Waals surface area (Å²) in [7, 11) is 1.56. The van der Waals surface area contributed by atoms with Crippen LogP contribution < -0.4 is 14.5 Å². The van der Waals surface area contributed by atoms with Crippen molar-refractivity contribution in [1.82, 2.24) is 15.0 Å². The highest BCUT2D eigenvalue weighted by Crippen LogP contribution is 2.47. The summed E-state index contributed by atoms with van der Waals surface area (Å²) in [6, 6.07) is 13.0. The standard InChI is InChI=1S/C30H35N5O5/c1-21(7-3-4-14-33-20-23(13-16-36)31-32-33)30(39)26-18-25(40-2)11-12-27(26)35(29(30)38)19-22-8-5-9-24(17-22)34-15-6-10-28(34)37/h3,5,7-9,11-12,17-18,20-21,36,39H,4,6,10,13-16,19H2,1-2H3/b7-3+/t21-,30+/m1/s1. The van der Waals surface area contributed by atoms with Gasteiger partial charge >= 0.3 is 0 Å². The van der Waals surface area contributed by atoms with Gasteiger partial charge in [0.15, 0.2) is 5.60 Å². The van der Waals surface area contributed by atoms with Crippen LogP contribution >= 0.6 is 0 Å². The zero-order valence-corrected chi connectivity index (χ0v) is 22.9. The number of fused-ring (bicyclic) bond motifs is 1. The van der Waals surface area contributed by atoms with E-state index < -0.39 is 17.4 Å². The Balaban J connectivity index is 1.36. The maximum absolute atomic E-state index is 13.9. The second kappa shape index (κ2) is 11.6. The predicted octanol–water partition coefficient (Wildman–Crippen LogP) is 2.97. The monoisotopic (exact) mass is 545 g/mol. The Hall–Kier alpha value is -4.02. The maximum Gasteiger partial charge on any atom is 0.264 e. The second-order valence-corrected chi connectivity index (χ2v) is 10.3. The van der Waals surface area contributed by atoms with Crippen LogP contribution in [0.25, 0.3) is 0 Å². The van der Waals surface area contributed by atoms with Crippen LogP contribution in [0.2, 0.25) is 0 Å². The minimum absolute atomic E-state index is 0.0234. The van der Waals surface area contributed by atoms with E-state index in [1.165, 1.54) is 0 Å². The van der Waals surface area contributed by atoms with Gasteiger partial charge in [0.25, 0.3) is 5.91 Å². The van der Waals surface area contributed by atoms with Crippen LogP contribution in [-0.2, 0) is 34.7 Å². The summed E-state index contributed by atoms with van der Waals surface area (Å²) in [6.07, 6.45) is 8.07. The average molecular weight is 546 g/mol. The first-order valence-corrected chi connectivity index (χ1v) is 13.6. The van der Waals surface area contributed by atoms with Crippen molar-refractivity contribution in [1.29, 1.82) is 0 Å². The number of carbonyl (C=O) groups is 2. The van der Waals surface area contributed by atoms with Crippen molar-refractivity contribution in [2.75, 3.05) is 30.1 Å². The molecule has 10 heteroatoms. The molecular weight excluding hydrogens is 510 g/mol. The summed E-state index contributed by atoms with van der Waals surface area (Å²) in [6.45, 7) is 3.39. The number of allylic oxidation sites excluding steroid dienone is 1. The fourth-order valence-electron chi connectivity index (χ4n) is 5.46. The molecule has 10 nitrogen and oxygen atoms in total. The molecule has 2 aromatic carbocycles. The van der Waals surface area contributed by atoms with Crippen LogP contribution in [-0.4, -0.2) is 57.3 Å². The Morgan fingerprint density at radius 1 is 1.20 bits per heavy atom. The summed E-state index contributed by atoms with van der Waals surface area (Å²) < 4.78 is 7.13. The number of amides is 2. The first kappa shape index (κ1) is 27.5. The number of methoxy groups -OCH3 is 1. The van der Waals surface area contributed by atoms with Crippen molar-refractivity contribution in [3.63, 3.8) is 0 Å². The number of hydrogen-bond acceptors (Lipinski definition) is 7. The van der Waals surface area contributed by atoms with Crippen LogP contribution in [0.1, 0.15) is 43.0 Å². The van der Waals surface area contributed by atoms with E-state index in [0.717, 1.165) is 23.4 Å². The Bertz CT molecular complexity index is 1420. The third-order valence-corrected chi connectivity index (χ3v) is 7.68. The lowest BCUT2D eigenvalue weighted by atomic mass is 9.83. The molecule has 0 aliphatic carbocycles. The average Bonchev–Trinajstić information content (AvgIpc) is 3.66. The molecule has 210 valence electrons. The minimum atomic E-state index is -1.77. The van der Waals surface area contributed by atoms with Crippen LogP contribution in [0.5, 0.6) is 5.75 Å². The molecule has 1 aromatic heterocycles. The van der Waals surface area contributed by atoms with Crippen molar-refractivity contribution in [2.24, 2.45) is 5.92 Å². The number of anilines is 2. The van der Waals surface area contributed by atoms with Crippen LogP contribution in [0.15, 0.2) is 60.8 Å². The van der Waals surface area contributed by atoms with Gasteiger partial charge in [-0.05, 0) is 48.7 Å². The Labute approximate surface area is 233 Å². The molecule has 0 radical (unpaired) electrons. The number of carbonyl (C=O) groups excluding carboxylic acids is 2. The third-order valence-electron chi connectivity index (χ3n) is 7.68. The molecule has 0 bridgehead atoms. The summed E-state index contributed by atoms with van der Waals surface area (Å²) in [5, 5.41) is 29.1. The molecule has 0 spiro atoms. The fourth-order valence-corrected chi connectivity index (χ4v) is 5.46. The minimum Gasteiger partial charge on any atom is -0.497 e. The molecule has 0 unspecified atom stereocenters. The molecule has 0 saturated carbocycles. The highest BCUT2D eigenvalue weighted by Gasteiger charge is 2.52. The molecular formula is C30H35N5O5. The molecule has 2 atom stereocenters. The largest absolute Gasteiger partial charge is 0.497 e. The van der Waals surface area contributed by atoms with E-state index >= 15 is 0 Å². The number of hydrogen-bond donors (Lipinski definition) is 2. The van der Waals surface area contributed by atoms with E-state index in [0.29, 0.717) is 49.4 Å². The first-order chi connectivity index (χ1) is 19.3. The molecule has 5 rings (SSSR count). The molecule has 3 heterocycles. The van der Waals surface area contributed by atoms with E-state index in [2.05, 4.69) is 10.3 Å². The molecule has 2 N–H and O–H groups in total. The van der Waals surface area contributed by atoms with E-state index in [1.807, 2.05) is 49.4 Å². The number of nitrogens with zero attached hydrogens (tertiary/aromatic N) is 5. The number of aliphatic hydroxyl groups is 2. The molecule has 40 heavy (non-hydrogen) atoms. The molecule has 1 saturated heterocycles. The van der Waals surface area contributed by atoms with Crippen molar-refractivity contribution >= 4 is 23.2 Å². The number of aliphatic hydroxyl groups excluding tert-OH is 1. The SMILES string of the molecule is COc1ccc2c(c1)[C@@](O)([C@H](C)/C=C/CCn1cc(CCO)nn1)C(=O)N2Cc1cccc(N2CCCC2=O)c1. The molecule has 2 aliphatic heterocycles. The quantitative estimate of drug-likeness (QED) is 0.356. The van der Waals surface area contributed by atoms with Crippen molar-refractivity contribution in [2.45, 2.75) is 51.3 Å². The fraction of sp³-hybridized carbons (Fsp3) is 0.400. The van der Waals surface area contributed by atoms with Crippen molar-refractivity contribution in [3.8, 4) is 5.75 Å². The first-order valence-electron chi connectivity index (χ1n) is 13.6. The van der Waals surface area contributed by atoms with Gasteiger partial charge in [-0.25, -0.2) is 0 Å². The van der Waals surface area contributed by atoms with Crippen molar-refractivity contribution in [3.05, 3.63) is 77.6 Å². The van der Waals surface area contributed by atoms with Gasteiger partial charge in [-0.3, -0.25) is 14.3 Å². The van der Waals surface area contributed by atoms with Gasteiger partial charge in [-0.2, -0.15) is 0 Å². The number of aryl methyl sites for hydroxylation is 1. The number of aromatic nitrogens is 3. The lowest BCUT2D eigenvalue weighted by Crippen LogP contribution is -2.44. The summed E-state index contributed by atoms with van der Waals surface area (Å²) >= 11 is 0. The van der Waals surface area contributed by atoms with E-state index in [4.69, 9.17) is 9.84 Å². The highest BCUT2D eigenvalue weighted by molar-refractivity contribution is 6.07. The van der Waals surface area contributed by atoms with Gasteiger partial charge in [0.2, 0.25) is 5.91 Å². The highest BCUT2D eigenvalue weighted by atomic mass is 16.5.